The summed E-state index contributed by atoms with van der Waals surface area (Å²) in [5, 5.41) is 0. The first-order valence-electron chi connectivity index (χ1n) is 7.02. The molecule has 2 amide bonds. The van der Waals surface area contributed by atoms with Gasteiger partial charge in [0.05, 0.1) is 11.1 Å². The number of fused-ring (bicyclic) bond motifs is 1. The Balaban J connectivity index is 2.02. The Morgan fingerprint density at radius 3 is 2.13 bits per heavy atom. The van der Waals surface area contributed by atoms with Crippen LogP contribution in [-0.4, -0.2) is 35.3 Å². The van der Waals surface area contributed by atoms with Crippen LogP contribution in [0.15, 0.2) is 42.5 Å². The number of ketones is 2. The number of carbonyl (C=O) groups excluding carboxylic acids is 4. The highest BCUT2D eigenvalue weighted by Crippen LogP contribution is 2.24. The minimum atomic E-state index is -0.419. The number of imide groups is 1. The Bertz CT molecular complexity index is 882. The Kier molecular flexibility index (Phi) is 3.41. The molecule has 0 spiro atoms. The van der Waals surface area contributed by atoms with Crippen molar-refractivity contribution in [1.29, 1.82) is 0 Å². The predicted octanol–water partition coefficient (Wildman–Crippen LogP) is 2.35. The summed E-state index contributed by atoms with van der Waals surface area (Å²) < 4.78 is 0. The fourth-order valence-corrected chi connectivity index (χ4v) is 2.55. The maximum absolute atomic E-state index is 12.6. The molecule has 0 bridgehead atoms. The van der Waals surface area contributed by atoms with Crippen LogP contribution in [0.1, 0.15) is 53.9 Å². The van der Waals surface area contributed by atoms with E-state index < -0.39 is 5.91 Å². The van der Waals surface area contributed by atoms with E-state index in [1.165, 1.54) is 38.2 Å². The molecular weight excluding hydrogens is 294 g/mol. The first-order valence-corrected chi connectivity index (χ1v) is 7.02. The predicted molar refractivity (Wildman–Crippen MR) is 82.7 cm³/mol. The van der Waals surface area contributed by atoms with E-state index in [9.17, 15) is 19.2 Å². The fraction of sp³-hybridized carbons (Fsp3) is 0.111. The molecular formula is C18H13NO4. The van der Waals surface area contributed by atoms with Crippen molar-refractivity contribution in [2.75, 3.05) is 7.05 Å². The maximum Gasteiger partial charge on any atom is 0.261 e. The van der Waals surface area contributed by atoms with Gasteiger partial charge in [0, 0.05) is 23.7 Å². The van der Waals surface area contributed by atoms with Crippen molar-refractivity contribution in [2.45, 2.75) is 6.92 Å². The average molecular weight is 307 g/mol. The molecule has 0 radical (unpaired) electrons. The summed E-state index contributed by atoms with van der Waals surface area (Å²) in [5.74, 6) is -1.22. The largest absolute Gasteiger partial charge is 0.295 e. The lowest BCUT2D eigenvalue weighted by atomic mass is 9.97. The Morgan fingerprint density at radius 1 is 0.826 bits per heavy atom. The van der Waals surface area contributed by atoms with Gasteiger partial charge >= 0.3 is 0 Å². The van der Waals surface area contributed by atoms with E-state index >= 15 is 0 Å². The van der Waals surface area contributed by atoms with Crippen molar-refractivity contribution >= 4 is 23.4 Å². The molecule has 0 aromatic heterocycles. The fourth-order valence-electron chi connectivity index (χ4n) is 2.55. The summed E-state index contributed by atoms with van der Waals surface area (Å²) in [6, 6.07) is 10.9. The number of carbonyl (C=O) groups is 4. The number of hydrogen-bond donors (Lipinski definition) is 0. The molecule has 5 heteroatoms. The number of benzene rings is 2. The standard InChI is InChI=1S/C18H13NO4/c1-10(20)11-4-3-5-12(8-11)16(21)13-6-7-14-15(9-13)18(23)19(2)17(14)22/h3-9H,1-2H3. The van der Waals surface area contributed by atoms with Crippen LogP contribution in [-0.2, 0) is 0 Å². The topological polar surface area (TPSA) is 71.5 Å². The summed E-state index contributed by atoms with van der Waals surface area (Å²) in [7, 11) is 1.41. The van der Waals surface area contributed by atoms with E-state index in [2.05, 4.69) is 0 Å². The van der Waals surface area contributed by atoms with Crippen LogP contribution in [0, 0.1) is 0 Å². The summed E-state index contributed by atoms with van der Waals surface area (Å²) in [4.78, 5) is 48.9. The van der Waals surface area contributed by atoms with Crippen LogP contribution in [0.5, 0.6) is 0 Å². The Labute approximate surface area is 132 Å². The zero-order valence-electron chi connectivity index (χ0n) is 12.6. The molecule has 3 rings (SSSR count). The third-order valence-electron chi connectivity index (χ3n) is 3.88. The van der Waals surface area contributed by atoms with Gasteiger partial charge < -0.3 is 0 Å². The maximum atomic E-state index is 12.6. The lowest BCUT2D eigenvalue weighted by Gasteiger charge is -2.04. The van der Waals surface area contributed by atoms with E-state index in [0.717, 1.165) is 4.90 Å². The van der Waals surface area contributed by atoms with Gasteiger partial charge in [0.25, 0.3) is 11.8 Å². The van der Waals surface area contributed by atoms with Crippen LogP contribution in [0.25, 0.3) is 0 Å². The SMILES string of the molecule is CC(=O)c1cccc(C(=O)c2ccc3c(c2)C(=O)N(C)C3=O)c1. The first kappa shape index (κ1) is 14.8. The second-order valence-electron chi connectivity index (χ2n) is 5.40. The van der Waals surface area contributed by atoms with Gasteiger partial charge in [-0.05, 0) is 25.1 Å². The van der Waals surface area contributed by atoms with E-state index in [1.54, 1.807) is 18.2 Å². The zero-order chi connectivity index (χ0) is 16.7. The number of nitrogens with zero attached hydrogens (tertiary/aromatic N) is 1. The molecule has 0 N–H and O–H groups in total. The monoisotopic (exact) mass is 307 g/mol. The molecule has 114 valence electrons. The first-order chi connectivity index (χ1) is 10.9. The van der Waals surface area contributed by atoms with Gasteiger partial charge in [-0.3, -0.25) is 24.1 Å². The van der Waals surface area contributed by atoms with Crippen molar-refractivity contribution in [3.8, 4) is 0 Å². The lowest BCUT2D eigenvalue weighted by Crippen LogP contribution is -2.24. The van der Waals surface area contributed by atoms with Gasteiger partial charge in [-0.1, -0.05) is 24.3 Å². The Morgan fingerprint density at radius 2 is 1.43 bits per heavy atom. The van der Waals surface area contributed by atoms with Gasteiger partial charge in [0.2, 0.25) is 0 Å². The molecule has 1 aliphatic heterocycles. The van der Waals surface area contributed by atoms with Crippen molar-refractivity contribution in [3.05, 3.63) is 70.3 Å². The normalized spacial score (nSPS) is 13.2. The highest BCUT2D eigenvalue weighted by atomic mass is 16.2. The minimum absolute atomic E-state index is 0.129. The summed E-state index contributed by atoms with van der Waals surface area (Å²) in [6.07, 6.45) is 0. The van der Waals surface area contributed by atoms with Crippen LogP contribution in [0.4, 0.5) is 0 Å². The van der Waals surface area contributed by atoms with Crippen molar-refractivity contribution in [3.63, 3.8) is 0 Å². The third-order valence-corrected chi connectivity index (χ3v) is 3.88. The average Bonchev–Trinajstić information content (AvgIpc) is 2.78. The van der Waals surface area contributed by atoms with E-state index in [4.69, 9.17) is 0 Å². The molecule has 1 aliphatic rings. The second-order valence-corrected chi connectivity index (χ2v) is 5.40. The van der Waals surface area contributed by atoms with E-state index in [0.29, 0.717) is 22.3 Å². The molecule has 23 heavy (non-hydrogen) atoms. The molecule has 0 saturated carbocycles. The number of Topliss-reactive ketones (excluding diaryl/α,β-unsaturated/α-hetero) is 1. The van der Waals surface area contributed by atoms with Gasteiger partial charge in [-0.15, -0.1) is 0 Å². The van der Waals surface area contributed by atoms with E-state index in [1.807, 2.05) is 0 Å². The zero-order valence-corrected chi connectivity index (χ0v) is 12.6. The Hall–Kier alpha value is -3.08. The summed E-state index contributed by atoms with van der Waals surface area (Å²) in [6.45, 7) is 1.43. The van der Waals surface area contributed by atoms with Crippen molar-refractivity contribution in [1.82, 2.24) is 4.90 Å². The molecule has 0 aliphatic carbocycles. The molecule has 2 aromatic carbocycles. The summed E-state index contributed by atoms with van der Waals surface area (Å²) >= 11 is 0. The minimum Gasteiger partial charge on any atom is -0.295 e. The van der Waals surface area contributed by atoms with Crippen LogP contribution in [0.3, 0.4) is 0 Å². The molecule has 0 atom stereocenters. The molecule has 1 heterocycles. The lowest BCUT2D eigenvalue weighted by molar-refractivity contribution is 0.0692. The van der Waals surface area contributed by atoms with Crippen LogP contribution >= 0.6 is 0 Å². The number of rotatable bonds is 3. The number of amides is 2. The van der Waals surface area contributed by atoms with Gasteiger partial charge in [-0.2, -0.15) is 0 Å². The molecule has 2 aromatic rings. The highest BCUT2D eigenvalue weighted by molar-refractivity contribution is 6.22. The van der Waals surface area contributed by atoms with Crippen LogP contribution < -0.4 is 0 Å². The number of hydrogen-bond acceptors (Lipinski definition) is 4. The third kappa shape index (κ3) is 2.36. The van der Waals surface area contributed by atoms with Crippen molar-refractivity contribution < 1.29 is 19.2 Å². The van der Waals surface area contributed by atoms with E-state index in [-0.39, 0.29) is 23.0 Å². The smallest absolute Gasteiger partial charge is 0.261 e. The molecule has 5 nitrogen and oxygen atoms in total. The molecule has 0 fully saturated rings. The van der Waals surface area contributed by atoms with Gasteiger partial charge in [-0.25, -0.2) is 0 Å². The van der Waals surface area contributed by atoms with Crippen molar-refractivity contribution in [2.24, 2.45) is 0 Å². The molecule has 0 saturated heterocycles. The van der Waals surface area contributed by atoms with Gasteiger partial charge in [0.1, 0.15) is 0 Å². The van der Waals surface area contributed by atoms with Crippen LogP contribution in [0.2, 0.25) is 0 Å². The molecule has 0 unspecified atom stereocenters. The quantitative estimate of drug-likeness (QED) is 0.644. The summed E-state index contributed by atoms with van der Waals surface area (Å²) in [5.41, 5.74) is 1.64. The van der Waals surface area contributed by atoms with Gasteiger partial charge in [0.15, 0.2) is 11.6 Å². The highest BCUT2D eigenvalue weighted by Gasteiger charge is 2.33. The second kappa shape index (κ2) is 5.28.